The predicted molar refractivity (Wildman–Crippen MR) is 129 cm³/mol. The average molecular weight is 463 g/mol. The van der Waals surface area contributed by atoms with Crippen molar-refractivity contribution in [2.24, 2.45) is 5.10 Å². The van der Waals surface area contributed by atoms with Crippen LogP contribution in [0.15, 0.2) is 59.7 Å². The Labute approximate surface area is 199 Å². The van der Waals surface area contributed by atoms with E-state index in [1.54, 1.807) is 23.1 Å². The zero-order valence-corrected chi connectivity index (χ0v) is 19.6. The summed E-state index contributed by atoms with van der Waals surface area (Å²) in [7, 11) is 0. The zero-order valence-electron chi connectivity index (χ0n) is 19.6. The molecule has 8 nitrogen and oxygen atoms in total. The molecular weight excluding hydrogens is 432 g/mol. The summed E-state index contributed by atoms with van der Waals surface area (Å²) in [6, 6.07) is 16.8. The van der Waals surface area contributed by atoms with Crippen molar-refractivity contribution < 1.29 is 19.1 Å². The molecule has 0 bridgehead atoms. The second kappa shape index (κ2) is 10.5. The summed E-state index contributed by atoms with van der Waals surface area (Å²) in [5.74, 6) is -0.209. The first-order valence-corrected chi connectivity index (χ1v) is 11.8. The van der Waals surface area contributed by atoms with E-state index in [-0.39, 0.29) is 43.1 Å². The van der Waals surface area contributed by atoms with Crippen molar-refractivity contribution in [2.45, 2.75) is 58.2 Å². The number of hydrogen-bond donors (Lipinski definition) is 1. The van der Waals surface area contributed by atoms with Crippen LogP contribution in [0.25, 0.3) is 0 Å². The maximum absolute atomic E-state index is 13.6. The van der Waals surface area contributed by atoms with Crippen molar-refractivity contribution in [2.75, 3.05) is 11.4 Å². The number of para-hydroxylation sites is 2. The molecule has 0 aromatic heterocycles. The van der Waals surface area contributed by atoms with E-state index in [0.29, 0.717) is 23.7 Å². The third-order valence-electron chi connectivity index (χ3n) is 6.17. The summed E-state index contributed by atoms with van der Waals surface area (Å²) in [5, 5.41) is 8.79. The summed E-state index contributed by atoms with van der Waals surface area (Å²) >= 11 is 0. The lowest BCUT2D eigenvalue weighted by Gasteiger charge is -2.35. The molecule has 0 saturated heterocycles. The molecule has 8 heteroatoms. The molecule has 1 atom stereocenters. The van der Waals surface area contributed by atoms with Crippen molar-refractivity contribution in [3.8, 4) is 5.75 Å². The third-order valence-corrected chi connectivity index (χ3v) is 6.17. The standard InChI is InChI=1S/C26H30N4O4/c1-3-19(4-2)27-25(32)23-17-29(21-12-8-9-13-22(21)34-23)26(33)20-14-15-24(31)30(28-20)16-18-10-6-5-7-11-18/h5-13,19,23H,3-4,14-17H2,1-2H3,(H,27,32). The van der Waals surface area contributed by atoms with Crippen LogP contribution in [0.4, 0.5) is 5.69 Å². The minimum atomic E-state index is -0.828. The van der Waals surface area contributed by atoms with Gasteiger partial charge in [0, 0.05) is 18.9 Å². The van der Waals surface area contributed by atoms with Crippen LogP contribution in [0.2, 0.25) is 0 Å². The van der Waals surface area contributed by atoms with Crippen molar-refractivity contribution >= 4 is 29.1 Å². The molecule has 0 radical (unpaired) electrons. The van der Waals surface area contributed by atoms with Crippen LogP contribution in [0.1, 0.15) is 45.1 Å². The van der Waals surface area contributed by atoms with Gasteiger partial charge in [0.15, 0.2) is 6.10 Å². The van der Waals surface area contributed by atoms with E-state index < -0.39 is 6.10 Å². The molecule has 2 aliphatic heterocycles. The maximum Gasteiger partial charge on any atom is 0.274 e. The van der Waals surface area contributed by atoms with Crippen LogP contribution >= 0.6 is 0 Å². The van der Waals surface area contributed by atoms with E-state index in [2.05, 4.69) is 10.4 Å². The zero-order chi connectivity index (χ0) is 24.1. The summed E-state index contributed by atoms with van der Waals surface area (Å²) in [5.41, 5.74) is 1.82. The van der Waals surface area contributed by atoms with Gasteiger partial charge in [0.25, 0.3) is 11.8 Å². The number of carbonyl (C=O) groups is 3. The van der Waals surface area contributed by atoms with Gasteiger partial charge in [-0.1, -0.05) is 56.3 Å². The SMILES string of the molecule is CCC(CC)NC(=O)C1CN(C(=O)C2=NN(Cc3ccccc3)C(=O)CC2)c2ccccc2O1. The first kappa shape index (κ1) is 23.5. The number of hydrazone groups is 1. The van der Waals surface area contributed by atoms with Crippen LogP contribution in [0.3, 0.4) is 0 Å². The lowest BCUT2D eigenvalue weighted by Crippen LogP contribution is -2.54. The van der Waals surface area contributed by atoms with Crippen LogP contribution < -0.4 is 15.0 Å². The number of amides is 3. The fourth-order valence-electron chi connectivity index (χ4n) is 4.14. The summed E-state index contributed by atoms with van der Waals surface area (Å²) in [4.78, 5) is 40.5. The highest BCUT2D eigenvalue weighted by Crippen LogP contribution is 2.34. The number of ether oxygens (including phenoxy) is 1. The molecular formula is C26H30N4O4. The minimum Gasteiger partial charge on any atom is -0.477 e. The highest BCUT2D eigenvalue weighted by atomic mass is 16.5. The summed E-state index contributed by atoms with van der Waals surface area (Å²) in [6.07, 6.45) is 1.27. The number of anilines is 1. The Bertz CT molecular complexity index is 1080. The molecule has 0 aliphatic carbocycles. The molecule has 2 aromatic rings. The Balaban J connectivity index is 1.57. The van der Waals surface area contributed by atoms with Crippen LogP contribution in [-0.4, -0.2) is 47.1 Å². The Hall–Kier alpha value is -3.68. The van der Waals surface area contributed by atoms with Gasteiger partial charge in [0.2, 0.25) is 5.91 Å². The largest absolute Gasteiger partial charge is 0.477 e. The monoisotopic (exact) mass is 462 g/mol. The Morgan fingerprint density at radius 1 is 1.06 bits per heavy atom. The minimum absolute atomic E-state index is 0.0534. The smallest absolute Gasteiger partial charge is 0.274 e. The van der Waals surface area contributed by atoms with E-state index in [1.165, 1.54) is 5.01 Å². The van der Waals surface area contributed by atoms with Crippen molar-refractivity contribution in [3.63, 3.8) is 0 Å². The van der Waals surface area contributed by atoms with Crippen molar-refractivity contribution in [1.82, 2.24) is 10.3 Å². The molecule has 0 spiro atoms. The molecule has 2 aromatic carbocycles. The van der Waals surface area contributed by atoms with Gasteiger partial charge in [-0.2, -0.15) is 5.10 Å². The number of rotatable bonds is 7. The van der Waals surface area contributed by atoms with E-state index >= 15 is 0 Å². The van der Waals surface area contributed by atoms with E-state index in [4.69, 9.17) is 4.74 Å². The van der Waals surface area contributed by atoms with Gasteiger partial charge in [-0.15, -0.1) is 0 Å². The number of hydrogen-bond acceptors (Lipinski definition) is 5. The Kier molecular flexibility index (Phi) is 7.25. The van der Waals surface area contributed by atoms with Crippen LogP contribution in [0.5, 0.6) is 5.75 Å². The lowest BCUT2D eigenvalue weighted by atomic mass is 10.1. The molecule has 3 amide bonds. The second-order valence-corrected chi connectivity index (χ2v) is 8.50. The first-order chi connectivity index (χ1) is 16.5. The maximum atomic E-state index is 13.6. The Morgan fingerprint density at radius 3 is 2.50 bits per heavy atom. The van der Waals surface area contributed by atoms with E-state index in [0.717, 1.165) is 18.4 Å². The topological polar surface area (TPSA) is 91.3 Å². The van der Waals surface area contributed by atoms with Crippen molar-refractivity contribution in [3.05, 3.63) is 60.2 Å². The molecule has 1 unspecified atom stereocenters. The van der Waals surface area contributed by atoms with Crippen molar-refractivity contribution in [1.29, 1.82) is 0 Å². The Morgan fingerprint density at radius 2 is 1.76 bits per heavy atom. The molecule has 0 saturated carbocycles. The molecule has 178 valence electrons. The van der Waals surface area contributed by atoms with Gasteiger partial charge in [0.1, 0.15) is 11.5 Å². The number of fused-ring (bicyclic) bond motifs is 1. The molecule has 0 fully saturated rings. The van der Waals surface area contributed by atoms with Gasteiger partial charge in [-0.25, -0.2) is 5.01 Å². The molecule has 2 heterocycles. The third kappa shape index (κ3) is 5.11. The normalized spacial score (nSPS) is 17.7. The predicted octanol–water partition coefficient (Wildman–Crippen LogP) is 3.26. The summed E-state index contributed by atoms with van der Waals surface area (Å²) < 4.78 is 5.96. The second-order valence-electron chi connectivity index (χ2n) is 8.50. The number of carbonyl (C=O) groups excluding carboxylic acids is 3. The summed E-state index contributed by atoms with van der Waals surface area (Å²) in [6.45, 7) is 4.42. The van der Waals surface area contributed by atoms with Gasteiger partial charge in [0.05, 0.1) is 18.8 Å². The van der Waals surface area contributed by atoms with Gasteiger partial charge in [-0.3, -0.25) is 19.3 Å². The number of nitrogens with one attached hydrogen (secondary N) is 1. The van der Waals surface area contributed by atoms with Gasteiger partial charge < -0.3 is 10.1 Å². The first-order valence-electron chi connectivity index (χ1n) is 11.8. The van der Waals surface area contributed by atoms with E-state index in [9.17, 15) is 14.4 Å². The molecule has 34 heavy (non-hydrogen) atoms. The molecule has 4 rings (SSSR count). The highest BCUT2D eigenvalue weighted by Gasteiger charge is 2.37. The van der Waals surface area contributed by atoms with Gasteiger partial charge >= 0.3 is 0 Å². The van der Waals surface area contributed by atoms with Crippen LogP contribution in [-0.2, 0) is 20.9 Å². The van der Waals surface area contributed by atoms with Crippen LogP contribution in [0, 0.1) is 0 Å². The molecule has 2 aliphatic rings. The fraction of sp³-hybridized carbons (Fsp3) is 0.385. The quantitative estimate of drug-likeness (QED) is 0.684. The lowest BCUT2D eigenvalue weighted by molar-refractivity contribution is -0.132. The number of nitrogens with zero attached hydrogens (tertiary/aromatic N) is 3. The number of benzene rings is 2. The molecule has 1 N–H and O–H groups in total. The van der Waals surface area contributed by atoms with E-state index in [1.807, 2.05) is 50.2 Å². The van der Waals surface area contributed by atoms with Gasteiger partial charge in [-0.05, 0) is 30.5 Å². The highest BCUT2D eigenvalue weighted by molar-refractivity contribution is 6.44. The fourth-order valence-corrected chi connectivity index (χ4v) is 4.14. The average Bonchev–Trinajstić information content (AvgIpc) is 2.88.